The van der Waals surface area contributed by atoms with Gasteiger partial charge in [0.1, 0.15) is 12.4 Å². The first-order chi connectivity index (χ1) is 9.90. The van der Waals surface area contributed by atoms with Gasteiger partial charge in [-0.1, -0.05) is 32.9 Å². The number of benzene rings is 1. The molecule has 0 N–H and O–H groups in total. The van der Waals surface area contributed by atoms with E-state index < -0.39 is 5.82 Å². The summed E-state index contributed by atoms with van der Waals surface area (Å²) >= 11 is 0. The van der Waals surface area contributed by atoms with Gasteiger partial charge in [0.2, 0.25) is 5.88 Å². The highest BCUT2D eigenvalue weighted by molar-refractivity contribution is 5.32. The quantitative estimate of drug-likeness (QED) is 0.856. The Morgan fingerprint density at radius 2 is 2.00 bits per heavy atom. The van der Waals surface area contributed by atoms with Crippen LogP contribution in [-0.2, 0) is 12.0 Å². The van der Waals surface area contributed by atoms with Crippen molar-refractivity contribution in [2.24, 2.45) is 0 Å². The lowest BCUT2D eigenvalue weighted by atomic mass is 9.92. The smallest absolute Gasteiger partial charge is 0.213 e. The minimum Gasteiger partial charge on any atom is -0.473 e. The van der Waals surface area contributed by atoms with Crippen molar-refractivity contribution in [2.45, 2.75) is 32.8 Å². The van der Waals surface area contributed by atoms with Gasteiger partial charge >= 0.3 is 0 Å². The molecule has 0 spiro atoms. The van der Waals surface area contributed by atoms with E-state index in [-0.39, 0.29) is 12.0 Å². The van der Waals surface area contributed by atoms with Crippen molar-refractivity contribution in [3.05, 3.63) is 59.0 Å². The van der Waals surface area contributed by atoms with E-state index in [1.165, 1.54) is 6.07 Å². The van der Waals surface area contributed by atoms with Crippen LogP contribution in [0, 0.1) is 17.1 Å². The summed E-state index contributed by atoms with van der Waals surface area (Å²) in [5, 5.41) is 8.71. The van der Waals surface area contributed by atoms with Crippen LogP contribution < -0.4 is 4.74 Å². The van der Waals surface area contributed by atoms with Gasteiger partial charge in [0.25, 0.3) is 0 Å². The SMILES string of the molecule is CC(C)(C)c1cccc(OCc2ccc(C#N)cc2F)n1. The molecule has 21 heavy (non-hydrogen) atoms. The average Bonchev–Trinajstić information content (AvgIpc) is 2.45. The molecule has 1 aromatic carbocycles. The zero-order chi connectivity index (χ0) is 15.5. The Morgan fingerprint density at radius 3 is 2.62 bits per heavy atom. The summed E-state index contributed by atoms with van der Waals surface area (Å²) < 4.78 is 19.3. The summed E-state index contributed by atoms with van der Waals surface area (Å²) in [4.78, 5) is 4.43. The summed E-state index contributed by atoms with van der Waals surface area (Å²) in [7, 11) is 0. The second kappa shape index (κ2) is 5.92. The van der Waals surface area contributed by atoms with Crippen LogP contribution in [0.2, 0.25) is 0 Å². The minimum absolute atomic E-state index is 0.0704. The maximum absolute atomic E-state index is 13.8. The molecular weight excluding hydrogens is 267 g/mol. The van der Waals surface area contributed by atoms with E-state index in [0.717, 1.165) is 5.69 Å². The van der Waals surface area contributed by atoms with Gasteiger partial charge in [-0.3, -0.25) is 0 Å². The van der Waals surface area contributed by atoms with E-state index in [2.05, 4.69) is 25.8 Å². The van der Waals surface area contributed by atoms with Crippen LogP contribution >= 0.6 is 0 Å². The van der Waals surface area contributed by atoms with Crippen LogP contribution in [0.25, 0.3) is 0 Å². The zero-order valence-corrected chi connectivity index (χ0v) is 12.4. The Labute approximate surface area is 124 Å². The van der Waals surface area contributed by atoms with Crippen LogP contribution in [0.5, 0.6) is 5.88 Å². The molecule has 4 heteroatoms. The molecule has 0 radical (unpaired) electrons. The Morgan fingerprint density at radius 1 is 1.24 bits per heavy atom. The molecule has 0 atom stereocenters. The molecule has 0 saturated carbocycles. The average molecular weight is 284 g/mol. The van der Waals surface area contributed by atoms with E-state index >= 15 is 0 Å². The lowest BCUT2D eigenvalue weighted by Gasteiger charge is -2.18. The molecule has 1 aromatic heterocycles. The highest BCUT2D eigenvalue weighted by atomic mass is 19.1. The normalized spacial score (nSPS) is 11.0. The van der Waals surface area contributed by atoms with Crippen molar-refractivity contribution < 1.29 is 9.13 Å². The lowest BCUT2D eigenvalue weighted by molar-refractivity contribution is 0.285. The van der Waals surface area contributed by atoms with Gasteiger partial charge in [0, 0.05) is 22.7 Å². The number of ether oxygens (including phenoxy) is 1. The molecule has 0 saturated heterocycles. The van der Waals surface area contributed by atoms with E-state index in [1.54, 1.807) is 18.2 Å². The van der Waals surface area contributed by atoms with E-state index in [9.17, 15) is 4.39 Å². The number of nitrogens with zero attached hydrogens (tertiary/aromatic N) is 2. The zero-order valence-electron chi connectivity index (χ0n) is 12.4. The van der Waals surface area contributed by atoms with Gasteiger partial charge in [0.15, 0.2) is 0 Å². The Hall–Kier alpha value is -2.41. The van der Waals surface area contributed by atoms with Crippen molar-refractivity contribution in [1.82, 2.24) is 4.98 Å². The molecule has 0 aliphatic heterocycles. The predicted octanol–water partition coefficient (Wildman–Crippen LogP) is 3.97. The van der Waals surface area contributed by atoms with Gasteiger partial charge < -0.3 is 4.74 Å². The monoisotopic (exact) mass is 284 g/mol. The fourth-order valence-electron chi connectivity index (χ4n) is 1.80. The molecular formula is C17H17FN2O. The molecule has 0 fully saturated rings. The summed E-state index contributed by atoms with van der Waals surface area (Å²) in [6.07, 6.45) is 0. The Kier molecular flexibility index (Phi) is 4.23. The molecule has 2 aromatic rings. The van der Waals surface area contributed by atoms with Crippen LogP contribution in [0.4, 0.5) is 4.39 Å². The number of rotatable bonds is 3. The van der Waals surface area contributed by atoms with Crippen LogP contribution in [0.3, 0.4) is 0 Å². The number of halogens is 1. The van der Waals surface area contributed by atoms with Crippen molar-refractivity contribution in [1.29, 1.82) is 5.26 Å². The van der Waals surface area contributed by atoms with Gasteiger partial charge in [-0.2, -0.15) is 5.26 Å². The fraction of sp³-hybridized carbons (Fsp3) is 0.294. The maximum atomic E-state index is 13.8. The number of hydrogen-bond acceptors (Lipinski definition) is 3. The van der Waals surface area contributed by atoms with Gasteiger partial charge in [-0.05, 0) is 18.2 Å². The third kappa shape index (κ3) is 3.79. The van der Waals surface area contributed by atoms with Gasteiger partial charge in [0.05, 0.1) is 11.6 Å². The van der Waals surface area contributed by atoms with Crippen LogP contribution in [0.15, 0.2) is 36.4 Å². The fourth-order valence-corrected chi connectivity index (χ4v) is 1.80. The second-order valence-electron chi connectivity index (χ2n) is 5.82. The van der Waals surface area contributed by atoms with Crippen LogP contribution in [-0.4, -0.2) is 4.98 Å². The van der Waals surface area contributed by atoms with Crippen molar-refractivity contribution in [3.63, 3.8) is 0 Å². The molecule has 108 valence electrons. The third-order valence-corrected chi connectivity index (χ3v) is 3.05. The first-order valence-electron chi connectivity index (χ1n) is 6.69. The highest BCUT2D eigenvalue weighted by Crippen LogP contribution is 2.22. The molecule has 0 unspecified atom stereocenters. The largest absolute Gasteiger partial charge is 0.473 e. The first-order valence-corrected chi connectivity index (χ1v) is 6.69. The number of nitriles is 1. The number of pyridine rings is 1. The van der Waals surface area contributed by atoms with E-state index in [1.807, 2.05) is 18.2 Å². The Balaban J connectivity index is 2.12. The molecule has 2 rings (SSSR count). The molecule has 0 bridgehead atoms. The van der Waals surface area contributed by atoms with Crippen molar-refractivity contribution >= 4 is 0 Å². The van der Waals surface area contributed by atoms with Crippen molar-refractivity contribution in [3.8, 4) is 11.9 Å². The van der Waals surface area contributed by atoms with E-state index in [0.29, 0.717) is 17.0 Å². The predicted molar refractivity (Wildman–Crippen MR) is 78.4 cm³/mol. The van der Waals surface area contributed by atoms with Crippen LogP contribution in [0.1, 0.15) is 37.6 Å². The molecule has 3 nitrogen and oxygen atoms in total. The summed E-state index contributed by atoms with van der Waals surface area (Å²) in [6, 6.07) is 11.8. The molecule has 0 aliphatic carbocycles. The Bertz CT molecular complexity index is 684. The second-order valence-corrected chi connectivity index (χ2v) is 5.82. The van der Waals surface area contributed by atoms with Gasteiger partial charge in [-0.25, -0.2) is 9.37 Å². The summed E-state index contributed by atoms with van der Waals surface area (Å²) in [5.41, 5.74) is 1.54. The summed E-state index contributed by atoms with van der Waals surface area (Å²) in [6.45, 7) is 6.29. The maximum Gasteiger partial charge on any atom is 0.213 e. The number of aromatic nitrogens is 1. The molecule has 0 amide bonds. The van der Waals surface area contributed by atoms with Gasteiger partial charge in [-0.15, -0.1) is 0 Å². The third-order valence-electron chi connectivity index (χ3n) is 3.05. The standard InChI is InChI=1S/C17H17FN2O/c1-17(2,3)15-5-4-6-16(20-15)21-11-13-8-7-12(10-19)9-14(13)18/h4-9H,11H2,1-3H3. The minimum atomic E-state index is -0.443. The lowest BCUT2D eigenvalue weighted by Crippen LogP contribution is -2.13. The first kappa shape index (κ1) is 15.0. The highest BCUT2D eigenvalue weighted by Gasteiger charge is 2.15. The molecule has 1 heterocycles. The number of hydrogen-bond donors (Lipinski definition) is 0. The van der Waals surface area contributed by atoms with Crippen molar-refractivity contribution in [2.75, 3.05) is 0 Å². The summed E-state index contributed by atoms with van der Waals surface area (Å²) in [5.74, 6) is 0.0206. The van der Waals surface area contributed by atoms with E-state index in [4.69, 9.17) is 10.00 Å². The molecule has 0 aliphatic rings. The topological polar surface area (TPSA) is 45.9 Å².